The molecule has 0 radical (unpaired) electrons. The fraction of sp³-hybridized carbons (Fsp3) is 0.455. The van der Waals surface area contributed by atoms with Gasteiger partial charge >= 0.3 is 0 Å². The number of aromatic nitrogens is 3. The Kier molecular flexibility index (Phi) is 6.54. The number of thiazole rings is 1. The molecule has 0 aliphatic carbocycles. The quantitative estimate of drug-likeness (QED) is 0.463. The number of aromatic amines is 1. The normalized spacial score (nSPS) is 22.5. The molecule has 8 heteroatoms. The van der Waals surface area contributed by atoms with Gasteiger partial charge in [0.25, 0.3) is 6.47 Å². The number of nitrogens with zero attached hydrogens (tertiary/aromatic N) is 3. The van der Waals surface area contributed by atoms with Crippen molar-refractivity contribution < 1.29 is 14.7 Å². The molecular formula is C22H26N4O3S. The largest absolute Gasteiger partial charge is 0.483 e. The third kappa shape index (κ3) is 4.60. The zero-order valence-corrected chi connectivity index (χ0v) is 17.6. The standard InChI is InChI=1S/C21H24N4OS.CH2O2/c26-19(12-16-13-25-8-5-15(16)6-9-25)21-17-11-14(1-3-18(17)23-24-21)2-4-20-22-7-10-27-20;2-1-3/h1,3,7,10-11,15-16H,2,4-6,8-9,12-13H2,(H,23,24);1H,(H,2,3)/t16-;/m0./s1. The van der Waals surface area contributed by atoms with Gasteiger partial charge in [0.2, 0.25) is 0 Å². The summed E-state index contributed by atoms with van der Waals surface area (Å²) < 4.78 is 0. The molecule has 1 atom stereocenters. The first kappa shape index (κ1) is 20.7. The zero-order chi connectivity index (χ0) is 20.9. The number of hydrogen-bond acceptors (Lipinski definition) is 6. The molecule has 30 heavy (non-hydrogen) atoms. The lowest BCUT2D eigenvalue weighted by Crippen LogP contribution is -2.47. The number of H-pyrrole nitrogens is 1. The van der Waals surface area contributed by atoms with Gasteiger partial charge in [-0.3, -0.25) is 14.7 Å². The third-order valence-electron chi connectivity index (χ3n) is 6.24. The number of aryl methyl sites for hydroxylation is 2. The Labute approximate surface area is 179 Å². The predicted molar refractivity (Wildman–Crippen MR) is 116 cm³/mol. The highest BCUT2D eigenvalue weighted by Crippen LogP contribution is 2.35. The van der Waals surface area contributed by atoms with Crippen LogP contribution in [0.25, 0.3) is 10.9 Å². The van der Waals surface area contributed by atoms with Crippen LogP contribution in [-0.2, 0) is 17.6 Å². The van der Waals surface area contributed by atoms with Gasteiger partial charge in [-0.1, -0.05) is 6.07 Å². The number of ketones is 1. The Bertz CT molecular complexity index is 993. The molecule has 5 heterocycles. The van der Waals surface area contributed by atoms with Crippen LogP contribution in [0.15, 0.2) is 29.8 Å². The maximum atomic E-state index is 13.0. The summed E-state index contributed by atoms with van der Waals surface area (Å²) in [6.07, 6.45) is 6.85. The van der Waals surface area contributed by atoms with Crippen molar-refractivity contribution in [2.75, 3.05) is 19.6 Å². The van der Waals surface area contributed by atoms with Crippen LogP contribution >= 0.6 is 11.3 Å². The van der Waals surface area contributed by atoms with E-state index in [1.54, 1.807) is 11.3 Å². The van der Waals surface area contributed by atoms with Crippen LogP contribution in [0.1, 0.15) is 40.3 Å². The number of piperidine rings is 3. The van der Waals surface area contributed by atoms with E-state index in [0.29, 0.717) is 18.0 Å². The number of hydrogen-bond donors (Lipinski definition) is 2. The lowest BCUT2D eigenvalue weighted by molar-refractivity contribution is -0.122. The van der Waals surface area contributed by atoms with Crippen molar-refractivity contribution in [1.29, 1.82) is 0 Å². The first-order valence-corrected chi connectivity index (χ1v) is 11.2. The smallest absolute Gasteiger partial charge is 0.290 e. The van der Waals surface area contributed by atoms with Gasteiger partial charge in [-0.15, -0.1) is 11.3 Å². The molecule has 3 aromatic rings. The van der Waals surface area contributed by atoms with E-state index in [9.17, 15) is 4.79 Å². The second-order valence-corrected chi connectivity index (χ2v) is 8.99. The summed E-state index contributed by atoms with van der Waals surface area (Å²) in [6.45, 7) is 3.25. The third-order valence-corrected chi connectivity index (χ3v) is 7.08. The number of carbonyl (C=O) groups excluding carboxylic acids is 1. The summed E-state index contributed by atoms with van der Waals surface area (Å²) in [7, 11) is 0. The average molecular weight is 427 g/mol. The molecule has 3 fully saturated rings. The van der Waals surface area contributed by atoms with Crippen LogP contribution in [0.4, 0.5) is 0 Å². The molecule has 2 N–H and O–H groups in total. The minimum Gasteiger partial charge on any atom is -0.483 e. The van der Waals surface area contributed by atoms with E-state index in [1.807, 2.05) is 17.6 Å². The zero-order valence-electron chi connectivity index (χ0n) is 16.8. The average Bonchev–Trinajstić information content (AvgIpc) is 3.43. The van der Waals surface area contributed by atoms with E-state index in [1.165, 1.54) is 31.5 Å². The number of carbonyl (C=O) groups is 2. The molecule has 1 aromatic carbocycles. The minimum atomic E-state index is -0.250. The van der Waals surface area contributed by atoms with Crippen LogP contribution in [-0.4, -0.2) is 57.1 Å². The number of rotatable bonds is 6. The van der Waals surface area contributed by atoms with Crippen LogP contribution in [0.2, 0.25) is 0 Å². The van der Waals surface area contributed by atoms with E-state index in [2.05, 4.69) is 32.2 Å². The van der Waals surface area contributed by atoms with Crippen molar-refractivity contribution >= 4 is 34.5 Å². The summed E-state index contributed by atoms with van der Waals surface area (Å²) in [5.41, 5.74) is 2.80. The first-order valence-electron chi connectivity index (χ1n) is 10.4. The molecule has 0 amide bonds. The Balaban J connectivity index is 0.000000687. The molecule has 0 spiro atoms. The molecule has 3 aliphatic heterocycles. The topological polar surface area (TPSA) is 99.2 Å². The molecule has 3 aliphatic rings. The van der Waals surface area contributed by atoms with Crippen molar-refractivity contribution in [2.45, 2.75) is 32.1 Å². The van der Waals surface area contributed by atoms with E-state index in [4.69, 9.17) is 9.90 Å². The van der Waals surface area contributed by atoms with Crippen molar-refractivity contribution in [1.82, 2.24) is 20.1 Å². The van der Waals surface area contributed by atoms with Gasteiger partial charge < -0.3 is 10.0 Å². The number of nitrogens with one attached hydrogen (secondary N) is 1. The van der Waals surface area contributed by atoms with E-state index >= 15 is 0 Å². The van der Waals surface area contributed by atoms with Crippen LogP contribution in [0, 0.1) is 11.8 Å². The molecule has 0 saturated carbocycles. The molecule has 6 rings (SSSR count). The van der Waals surface area contributed by atoms with E-state index < -0.39 is 0 Å². The minimum absolute atomic E-state index is 0.192. The molecule has 3 saturated heterocycles. The number of fused-ring (bicyclic) bond motifs is 4. The second kappa shape index (κ2) is 9.49. The number of Topliss-reactive ketones (excluding diaryl/α,β-unsaturated/α-hetero) is 1. The molecule has 7 nitrogen and oxygen atoms in total. The maximum absolute atomic E-state index is 13.0. The fourth-order valence-electron chi connectivity index (χ4n) is 4.71. The van der Waals surface area contributed by atoms with Gasteiger partial charge in [-0.05, 0) is 61.9 Å². The van der Waals surface area contributed by atoms with Crippen LogP contribution in [0.5, 0.6) is 0 Å². The Morgan fingerprint density at radius 2 is 2.10 bits per heavy atom. The molecule has 158 valence electrons. The summed E-state index contributed by atoms with van der Waals surface area (Å²) in [5.74, 6) is 1.41. The highest BCUT2D eigenvalue weighted by Gasteiger charge is 2.35. The van der Waals surface area contributed by atoms with Crippen molar-refractivity contribution in [3.8, 4) is 0 Å². The van der Waals surface area contributed by atoms with Gasteiger partial charge in [-0.2, -0.15) is 5.10 Å². The van der Waals surface area contributed by atoms with Gasteiger partial charge in [0.1, 0.15) is 5.69 Å². The maximum Gasteiger partial charge on any atom is 0.290 e. The Morgan fingerprint density at radius 3 is 2.77 bits per heavy atom. The van der Waals surface area contributed by atoms with Crippen molar-refractivity contribution in [3.63, 3.8) is 0 Å². The summed E-state index contributed by atoms with van der Waals surface area (Å²) >= 11 is 1.69. The van der Waals surface area contributed by atoms with Gasteiger partial charge in [-0.25, -0.2) is 4.98 Å². The van der Waals surface area contributed by atoms with Gasteiger partial charge in [0, 0.05) is 36.3 Å². The van der Waals surface area contributed by atoms with Gasteiger partial charge in [0.05, 0.1) is 10.5 Å². The molecule has 2 bridgehead atoms. The Hall–Kier alpha value is -2.58. The first-order chi connectivity index (χ1) is 14.7. The Morgan fingerprint density at radius 1 is 1.30 bits per heavy atom. The highest BCUT2D eigenvalue weighted by atomic mass is 32.1. The lowest BCUT2D eigenvalue weighted by atomic mass is 9.76. The van der Waals surface area contributed by atoms with Crippen LogP contribution in [0.3, 0.4) is 0 Å². The van der Waals surface area contributed by atoms with Gasteiger partial charge in [0.15, 0.2) is 5.78 Å². The summed E-state index contributed by atoms with van der Waals surface area (Å²) in [6, 6.07) is 6.30. The SMILES string of the molecule is O=C(C[C@H]1CN2CCC1CC2)c1n[nH]c2ccc(CCc3nccs3)cc12.O=CO. The van der Waals surface area contributed by atoms with Crippen molar-refractivity contribution in [2.24, 2.45) is 11.8 Å². The monoisotopic (exact) mass is 426 g/mol. The van der Waals surface area contributed by atoms with E-state index in [-0.39, 0.29) is 12.3 Å². The number of carboxylic acid groups (broad SMARTS) is 1. The number of benzene rings is 1. The second-order valence-electron chi connectivity index (χ2n) is 8.01. The fourth-order valence-corrected chi connectivity index (χ4v) is 5.33. The molecule has 0 unspecified atom stereocenters. The molecule has 2 aromatic heterocycles. The predicted octanol–water partition coefficient (Wildman–Crippen LogP) is 3.42. The van der Waals surface area contributed by atoms with E-state index in [0.717, 1.165) is 41.2 Å². The van der Waals surface area contributed by atoms with Crippen molar-refractivity contribution in [3.05, 3.63) is 46.0 Å². The lowest BCUT2D eigenvalue weighted by Gasteiger charge is -2.44. The highest BCUT2D eigenvalue weighted by molar-refractivity contribution is 7.09. The summed E-state index contributed by atoms with van der Waals surface area (Å²) in [4.78, 5) is 28.2. The van der Waals surface area contributed by atoms with Crippen LogP contribution < -0.4 is 0 Å². The molecular weight excluding hydrogens is 400 g/mol. The summed E-state index contributed by atoms with van der Waals surface area (Å²) in [5, 5.41) is 18.4.